The second-order valence-corrected chi connectivity index (χ2v) is 10.7. The highest BCUT2D eigenvalue weighted by molar-refractivity contribution is 5.96. The molecular formula is C30H33FN4O3. The molecule has 1 fully saturated rings. The smallest absolute Gasteiger partial charge is 0.234 e. The number of β-amino-alcohol motifs (C(OH)–C–C–N with tert-alkyl or cyclic N) is 1. The Kier molecular flexibility index (Phi) is 6.69. The van der Waals surface area contributed by atoms with Gasteiger partial charge in [-0.1, -0.05) is 68.0 Å². The van der Waals surface area contributed by atoms with Gasteiger partial charge in [0.25, 0.3) is 0 Å². The molecule has 198 valence electrons. The molecule has 2 aromatic carbocycles. The predicted molar refractivity (Wildman–Crippen MR) is 144 cm³/mol. The van der Waals surface area contributed by atoms with E-state index < -0.39 is 23.6 Å². The number of likely N-dealkylation sites (tertiary alicyclic amines) is 1. The molecule has 3 heterocycles. The standard InChI is InChI=1S/C30H33FN4O3/c1-17(2)27(26-14-18(3)34-38-26)29(37)35-16-22(36)15-25(35)28-32-19(4)30(5,33-28)21-12-10-20(11-13-21)23-8-6-7-9-24(23)31/h6-14,17,22,25,27,36H,4,15-16H2,1-3,5H3,(H,32,33). The quantitative estimate of drug-likeness (QED) is 0.485. The molecule has 1 amide bonds. The minimum atomic E-state index is -0.717. The zero-order chi connectivity index (χ0) is 27.2. The molecule has 0 saturated carbocycles. The van der Waals surface area contributed by atoms with Crippen molar-refractivity contribution >= 4 is 11.7 Å². The van der Waals surface area contributed by atoms with Crippen molar-refractivity contribution < 1.29 is 18.8 Å². The Morgan fingerprint density at radius 3 is 2.58 bits per heavy atom. The highest BCUT2D eigenvalue weighted by Gasteiger charge is 2.46. The van der Waals surface area contributed by atoms with Crippen LogP contribution in [0.15, 0.2) is 76.4 Å². The van der Waals surface area contributed by atoms with Crippen LogP contribution < -0.4 is 5.32 Å². The zero-order valence-electron chi connectivity index (χ0n) is 22.1. The molecule has 0 bridgehead atoms. The van der Waals surface area contributed by atoms with Gasteiger partial charge >= 0.3 is 0 Å². The lowest BCUT2D eigenvalue weighted by atomic mass is 9.88. The first-order chi connectivity index (χ1) is 18.1. The van der Waals surface area contributed by atoms with Gasteiger partial charge < -0.3 is 19.8 Å². The maximum absolute atomic E-state index is 14.3. The molecule has 5 rings (SSSR count). The van der Waals surface area contributed by atoms with E-state index in [0.717, 1.165) is 11.1 Å². The molecule has 7 nitrogen and oxygen atoms in total. The highest BCUT2D eigenvalue weighted by Crippen LogP contribution is 2.38. The Hall–Kier alpha value is -3.78. The van der Waals surface area contributed by atoms with Gasteiger partial charge in [-0.15, -0.1) is 0 Å². The third kappa shape index (κ3) is 4.53. The van der Waals surface area contributed by atoms with Gasteiger partial charge in [-0.05, 0) is 37.0 Å². The third-order valence-electron chi connectivity index (χ3n) is 7.62. The third-order valence-corrected chi connectivity index (χ3v) is 7.62. The number of carbonyl (C=O) groups is 1. The number of aromatic nitrogens is 1. The van der Waals surface area contributed by atoms with Gasteiger partial charge in [0.15, 0.2) is 0 Å². The predicted octanol–water partition coefficient (Wildman–Crippen LogP) is 4.92. The van der Waals surface area contributed by atoms with Crippen molar-refractivity contribution in [2.45, 2.75) is 57.7 Å². The fraction of sp³-hybridized carbons (Fsp3) is 0.367. The lowest BCUT2D eigenvalue weighted by Gasteiger charge is -2.32. The van der Waals surface area contributed by atoms with E-state index in [9.17, 15) is 14.3 Å². The number of hydrogen-bond acceptors (Lipinski definition) is 6. The minimum Gasteiger partial charge on any atom is -0.391 e. The van der Waals surface area contributed by atoms with Gasteiger partial charge in [0, 0.05) is 24.6 Å². The Bertz CT molecular complexity index is 1400. The second-order valence-electron chi connectivity index (χ2n) is 10.7. The van der Waals surface area contributed by atoms with Crippen molar-refractivity contribution in [3.05, 3.63) is 89.7 Å². The van der Waals surface area contributed by atoms with E-state index in [2.05, 4.69) is 17.1 Å². The number of rotatable bonds is 6. The molecule has 2 aliphatic heterocycles. The van der Waals surface area contributed by atoms with Gasteiger partial charge in [-0.3, -0.25) is 4.79 Å². The summed E-state index contributed by atoms with van der Waals surface area (Å²) in [7, 11) is 0. The van der Waals surface area contributed by atoms with E-state index in [1.165, 1.54) is 6.07 Å². The topological polar surface area (TPSA) is 91.0 Å². The van der Waals surface area contributed by atoms with E-state index in [1.807, 2.05) is 58.0 Å². The number of amidine groups is 1. The molecule has 1 saturated heterocycles. The van der Waals surface area contributed by atoms with Crippen LogP contribution in [0.25, 0.3) is 11.1 Å². The Morgan fingerprint density at radius 2 is 1.95 bits per heavy atom. The number of halogens is 1. The van der Waals surface area contributed by atoms with E-state index >= 15 is 0 Å². The van der Waals surface area contributed by atoms with Crippen LogP contribution in [0.2, 0.25) is 0 Å². The number of amides is 1. The summed E-state index contributed by atoms with van der Waals surface area (Å²) >= 11 is 0. The van der Waals surface area contributed by atoms with Crippen molar-refractivity contribution in [2.75, 3.05) is 6.54 Å². The van der Waals surface area contributed by atoms with Crippen LogP contribution >= 0.6 is 0 Å². The van der Waals surface area contributed by atoms with Crippen LogP contribution in [-0.4, -0.2) is 45.6 Å². The number of hydrogen-bond donors (Lipinski definition) is 2. The summed E-state index contributed by atoms with van der Waals surface area (Å²) in [6.07, 6.45) is -0.300. The monoisotopic (exact) mass is 516 g/mol. The summed E-state index contributed by atoms with van der Waals surface area (Å²) in [6.45, 7) is 12.2. The lowest BCUT2D eigenvalue weighted by molar-refractivity contribution is -0.134. The van der Waals surface area contributed by atoms with Gasteiger partial charge in [-0.25, -0.2) is 9.38 Å². The van der Waals surface area contributed by atoms with Crippen molar-refractivity contribution in [2.24, 2.45) is 10.9 Å². The van der Waals surface area contributed by atoms with Crippen LogP contribution in [0.4, 0.5) is 4.39 Å². The van der Waals surface area contributed by atoms with E-state index in [1.54, 1.807) is 23.1 Å². The lowest BCUT2D eigenvalue weighted by Crippen LogP contribution is -2.50. The van der Waals surface area contributed by atoms with E-state index in [4.69, 9.17) is 9.52 Å². The number of nitrogens with one attached hydrogen (secondary N) is 1. The summed E-state index contributed by atoms with van der Waals surface area (Å²) in [5.41, 5.74) is 2.83. The van der Waals surface area contributed by atoms with E-state index in [0.29, 0.717) is 35.0 Å². The van der Waals surface area contributed by atoms with Crippen molar-refractivity contribution in [3.8, 4) is 11.1 Å². The largest absolute Gasteiger partial charge is 0.391 e. The number of aliphatic imine (C=N–C) groups is 1. The molecule has 2 N–H and O–H groups in total. The summed E-state index contributed by atoms with van der Waals surface area (Å²) in [6, 6.07) is 15.7. The number of aliphatic hydroxyl groups is 1. The number of nitrogens with zero attached hydrogens (tertiary/aromatic N) is 3. The highest BCUT2D eigenvalue weighted by atomic mass is 19.1. The normalized spacial score (nSPS) is 24.0. The molecule has 3 aromatic rings. The van der Waals surface area contributed by atoms with Crippen LogP contribution in [-0.2, 0) is 10.3 Å². The maximum Gasteiger partial charge on any atom is 0.234 e. The van der Waals surface area contributed by atoms with Gasteiger partial charge in [0.1, 0.15) is 28.9 Å². The minimum absolute atomic E-state index is 0.0279. The first-order valence-electron chi connectivity index (χ1n) is 12.9. The molecule has 0 spiro atoms. The molecule has 1 aromatic heterocycles. The number of aryl methyl sites for hydroxylation is 1. The molecule has 4 atom stereocenters. The summed E-state index contributed by atoms with van der Waals surface area (Å²) in [5, 5.41) is 18.1. The van der Waals surface area contributed by atoms with Crippen LogP contribution in [0, 0.1) is 18.7 Å². The maximum atomic E-state index is 14.3. The molecule has 0 radical (unpaired) electrons. The van der Waals surface area contributed by atoms with Gasteiger partial charge in [-0.2, -0.15) is 0 Å². The number of aliphatic hydroxyl groups excluding tert-OH is 1. The van der Waals surface area contributed by atoms with Crippen LogP contribution in [0.1, 0.15) is 50.1 Å². The van der Waals surface area contributed by atoms with Crippen molar-refractivity contribution in [1.82, 2.24) is 15.4 Å². The first kappa shape index (κ1) is 25.9. The van der Waals surface area contributed by atoms with Crippen molar-refractivity contribution in [3.63, 3.8) is 0 Å². The van der Waals surface area contributed by atoms with Gasteiger partial charge in [0.2, 0.25) is 5.91 Å². The first-order valence-corrected chi connectivity index (χ1v) is 12.9. The Morgan fingerprint density at radius 1 is 1.24 bits per heavy atom. The van der Waals surface area contributed by atoms with Gasteiger partial charge in [0.05, 0.1) is 23.5 Å². The molecular weight excluding hydrogens is 483 g/mol. The molecule has 8 heteroatoms. The Labute approximate surface area is 222 Å². The van der Waals surface area contributed by atoms with Crippen LogP contribution in [0.5, 0.6) is 0 Å². The molecule has 2 aliphatic rings. The summed E-state index contributed by atoms with van der Waals surface area (Å²) in [5.74, 6) is 0.164. The van der Waals surface area contributed by atoms with Crippen molar-refractivity contribution in [1.29, 1.82) is 0 Å². The molecule has 4 unspecified atom stereocenters. The SMILES string of the molecule is C=C1N=C(C2CC(O)CN2C(=O)C(c2cc(C)no2)C(C)C)NC1(C)c1ccc(-c2ccccc2F)cc1. The fourth-order valence-electron chi connectivity index (χ4n) is 5.45. The summed E-state index contributed by atoms with van der Waals surface area (Å²) in [4.78, 5) is 20.3. The zero-order valence-corrected chi connectivity index (χ0v) is 22.1. The molecule has 38 heavy (non-hydrogen) atoms. The second kappa shape index (κ2) is 9.83. The Balaban J connectivity index is 1.39. The van der Waals surface area contributed by atoms with Crippen LogP contribution in [0.3, 0.4) is 0 Å². The fourth-order valence-corrected chi connectivity index (χ4v) is 5.45. The van der Waals surface area contributed by atoms with E-state index in [-0.39, 0.29) is 24.2 Å². The number of benzene rings is 2. The molecule has 0 aliphatic carbocycles. The average molecular weight is 517 g/mol. The number of carbonyl (C=O) groups excluding carboxylic acids is 1. The summed E-state index contributed by atoms with van der Waals surface area (Å²) < 4.78 is 19.8. The average Bonchev–Trinajstić information content (AvgIpc) is 3.57.